The van der Waals surface area contributed by atoms with Crippen molar-refractivity contribution in [2.24, 2.45) is 11.8 Å². The molecule has 0 aliphatic carbocycles. The summed E-state index contributed by atoms with van der Waals surface area (Å²) in [6.45, 7) is 6.04. The molecule has 3 fully saturated rings. The number of para-hydroxylation sites is 1. The van der Waals surface area contributed by atoms with Crippen molar-refractivity contribution in [3.63, 3.8) is 0 Å². The number of carboxylic acids is 1. The van der Waals surface area contributed by atoms with Crippen molar-refractivity contribution in [2.75, 3.05) is 13.1 Å². The van der Waals surface area contributed by atoms with E-state index < -0.39 is 18.0 Å². The molecule has 1 unspecified atom stereocenters. The minimum atomic E-state index is -1.24. The lowest BCUT2D eigenvalue weighted by molar-refractivity contribution is -0.949. The molecule has 0 spiro atoms. The summed E-state index contributed by atoms with van der Waals surface area (Å²) in [5.74, 6) is -0.693. The third-order valence-corrected chi connectivity index (χ3v) is 6.47. The van der Waals surface area contributed by atoms with Crippen LogP contribution in [0.5, 0.6) is 0 Å². The molecule has 4 heterocycles. The van der Waals surface area contributed by atoms with Crippen molar-refractivity contribution in [1.82, 2.24) is 4.98 Å². The number of nitrogens with one attached hydrogen (secondary N) is 1. The Labute approximate surface area is 170 Å². The van der Waals surface area contributed by atoms with E-state index in [1.54, 1.807) is 6.20 Å². The maximum atomic E-state index is 12.5. The summed E-state index contributed by atoms with van der Waals surface area (Å²) < 4.78 is 5.95. The van der Waals surface area contributed by atoms with Crippen LogP contribution in [0.2, 0.25) is 0 Å². The number of ether oxygens (including phenoxy) is 1. The van der Waals surface area contributed by atoms with Crippen molar-refractivity contribution >= 4 is 22.8 Å². The summed E-state index contributed by atoms with van der Waals surface area (Å²) in [6.07, 6.45) is 4.99. The van der Waals surface area contributed by atoms with Gasteiger partial charge in [-0.15, -0.1) is 6.58 Å². The Morgan fingerprint density at radius 2 is 2.14 bits per heavy atom. The number of benzene rings is 1. The number of carboxylic acid groups (broad SMARTS) is 1. The number of nitrogens with zero attached hydrogens (tertiary/aromatic N) is 1. The van der Waals surface area contributed by atoms with Crippen LogP contribution in [0.1, 0.15) is 37.4 Å². The number of aromatic nitrogens is 1. The molecule has 152 valence electrons. The highest BCUT2D eigenvalue weighted by molar-refractivity contribution is 5.83. The summed E-state index contributed by atoms with van der Waals surface area (Å²) in [5.41, 5.74) is 1.80. The predicted octanol–water partition coefficient (Wildman–Crippen LogP) is 0.829. The molecule has 0 radical (unpaired) electrons. The highest BCUT2D eigenvalue weighted by Crippen LogP contribution is 2.36. The van der Waals surface area contributed by atoms with Gasteiger partial charge in [0.25, 0.3) is 0 Å². The topological polar surface area (TPSA) is 83.8 Å². The van der Waals surface area contributed by atoms with Crippen LogP contribution in [0.4, 0.5) is 0 Å². The fourth-order valence-electron chi connectivity index (χ4n) is 5.03. The van der Waals surface area contributed by atoms with Gasteiger partial charge in [-0.1, -0.05) is 24.3 Å². The first-order chi connectivity index (χ1) is 14.1. The Kier molecular flexibility index (Phi) is 5.62. The summed E-state index contributed by atoms with van der Waals surface area (Å²) >= 11 is 0. The number of hydrogen-bond donors (Lipinski definition) is 1. The normalized spacial score (nSPS) is 26.8. The Morgan fingerprint density at radius 3 is 2.86 bits per heavy atom. The van der Waals surface area contributed by atoms with E-state index in [1.807, 2.05) is 30.3 Å². The smallest absolute Gasteiger partial charge is 0.307 e. The van der Waals surface area contributed by atoms with Gasteiger partial charge in [-0.3, -0.25) is 9.78 Å². The second kappa shape index (κ2) is 8.33. The Bertz CT molecular complexity index is 923. The Morgan fingerprint density at radius 1 is 1.31 bits per heavy atom. The van der Waals surface area contributed by atoms with Gasteiger partial charge < -0.3 is 19.5 Å². The van der Waals surface area contributed by atoms with Gasteiger partial charge >= 0.3 is 5.97 Å². The summed E-state index contributed by atoms with van der Waals surface area (Å²) in [6, 6.07) is 9.90. The first-order valence-corrected chi connectivity index (χ1v) is 10.3. The van der Waals surface area contributed by atoms with Gasteiger partial charge in [-0.2, -0.15) is 0 Å². The van der Waals surface area contributed by atoms with Gasteiger partial charge in [0.1, 0.15) is 6.04 Å². The van der Waals surface area contributed by atoms with Gasteiger partial charge in [-0.05, 0) is 24.5 Å². The van der Waals surface area contributed by atoms with Crippen LogP contribution in [0.15, 0.2) is 49.2 Å². The largest absolute Gasteiger partial charge is 0.550 e. The van der Waals surface area contributed by atoms with Crippen molar-refractivity contribution in [1.29, 1.82) is 0 Å². The van der Waals surface area contributed by atoms with Crippen molar-refractivity contribution in [3.8, 4) is 0 Å². The number of fused-ring (bicyclic) bond motifs is 4. The molecule has 3 aliphatic heterocycles. The average Bonchev–Trinajstić information content (AvgIpc) is 2.76. The number of carbonyl (C=O) groups excluding carboxylic acids is 2. The monoisotopic (exact) mass is 394 g/mol. The molecular formula is C23H26N2O4. The first-order valence-electron chi connectivity index (χ1n) is 10.3. The van der Waals surface area contributed by atoms with E-state index in [0.29, 0.717) is 11.8 Å². The van der Waals surface area contributed by atoms with Crippen LogP contribution < -0.4 is 10.0 Å². The van der Waals surface area contributed by atoms with E-state index in [1.165, 1.54) is 4.90 Å². The van der Waals surface area contributed by atoms with E-state index in [4.69, 9.17) is 4.74 Å². The first kappa shape index (κ1) is 19.6. The third kappa shape index (κ3) is 4.03. The molecule has 0 amide bonds. The number of pyridine rings is 1. The molecule has 6 heteroatoms. The fraction of sp³-hybridized carbons (Fsp3) is 0.435. The highest BCUT2D eigenvalue weighted by Gasteiger charge is 2.47. The molecule has 6 nitrogen and oxygen atoms in total. The number of quaternary nitrogens is 1. The quantitative estimate of drug-likeness (QED) is 0.556. The van der Waals surface area contributed by atoms with Crippen LogP contribution in [-0.4, -0.2) is 36.1 Å². The Balaban J connectivity index is 1.67. The van der Waals surface area contributed by atoms with Crippen LogP contribution >= 0.6 is 0 Å². The molecule has 5 atom stereocenters. The van der Waals surface area contributed by atoms with Gasteiger partial charge in [0, 0.05) is 41.9 Å². The molecular weight excluding hydrogens is 368 g/mol. The molecule has 0 saturated carbocycles. The number of rotatable bonds is 7. The lowest BCUT2D eigenvalue weighted by Crippen LogP contribution is -3.20. The number of esters is 1. The zero-order valence-electron chi connectivity index (χ0n) is 16.4. The van der Waals surface area contributed by atoms with E-state index in [-0.39, 0.29) is 18.9 Å². The predicted molar refractivity (Wildman–Crippen MR) is 106 cm³/mol. The number of carbonyl (C=O) groups is 2. The molecule has 3 aliphatic rings. The standard InChI is InChI=1S/C23H26N2O4/c1-2-15-14-25-12-10-16(15)13-20(25)23(29-22(28)8-7-21(26)27)18-9-11-24-19-6-4-3-5-17(18)19/h2-6,9,11,15-16,20,23H,1,7-8,10,12-14H2,(H,26,27)/t15-,16+,20+,23+/m0/s1. The Hall–Kier alpha value is -2.73. The van der Waals surface area contributed by atoms with Crippen LogP contribution in [0.3, 0.4) is 0 Å². The molecule has 3 saturated heterocycles. The molecule has 1 aromatic heterocycles. The minimum absolute atomic E-state index is 0.141. The zero-order chi connectivity index (χ0) is 20.4. The molecule has 5 rings (SSSR count). The van der Waals surface area contributed by atoms with E-state index in [9.17, 15) is 14.7 Å². The molecule has 2 aromatic rings. The summed E-state index contributed by atoms with van der Waals surface area (Å²) in [7, 11) is 0. The van der Waals surface area contributed by atoms with Crippen molar-refractivity contribution < 1.29 is 24.3 Å². The van der Waals surface area contributed by atoms with E-state index in [2.05, 4.69) is 17.6 Å². The van der Waals surface area contributed by atoms with Crippen LogP contribution in [-0.2, 0) is 14.3 Å². The van der Waals surface area contributed by atoms with E-state index in [0.717, 1.165) is 42.4 Å². The van der Waals surface area contributed by atoms with Gasteiger partial charge in [-0.25, -0.2) is 0 Å². The second-order valence-electron chi connectivity index (χ2n) is 8.10. The molecule has 2 bridgehead atoms. The van der Waals surface area contributed by atoms with Crippen LogP contribution in [0.25, 0.3) is 10.9 Å². The lowest BCUT2D eigenvalue weighted by atomic mass is 9.73. The minimum Gasteiger partial charge on any atom is -0.550 e. The average molecular weight is 394 g/mol. The maximum Gasteiger partial charge on any atom is 0.307 e. The van der Waals surface area contributed by atoms with Crippen molar-refractivity contribution in [3.05, 3.63) is 54.7 Å². The zero-order valence-corrected chi connectivity index (χ0v) is 16.4. The summed E-state index contributed by atoms with van der Waals surface area (Å²) in [5, 5.41) is 11.7. The SMILES string of the molecule is C=C[C@H]1C[NH+]2CC[C@@H]1C[C@@H]2[C@H](OC(=O)CCC(=O)[O-])c1ccnc2ccccc12. The fourth-order valence-corrected chi connectivity index (χ4v) is 5.03. The molecule has 1 N–H and O–H groups in total. The number of aliphatic carboxylic acids is 1. The lowest BCUT2D eigenvalue weighted by Gasteiger charge is -2.48. The van der Waals surface area contributed by atoms with E-state index >= 15 is 0 Å². The van der Waals surface area contributed by atoms with Crippen LogP contribution in [0, 0.1) is 11.8 Å². The number of piperidine rings is 3. The van der Waals surface area contributed by atoms with Gasteiger partial charge in [0.05, 0.1) is 25.0 Å². The molecule has 1 aromatic carbocycles. The van der Waals surface area contributed by atoms with Crippen molar-refractivity contribution in [2.45, 2.75) is 37.8 Å². The number of hydrogen-bond acceptors (Lipinski definition) is 5. The van der Waals surface area contributed by atoms with Gasteiger partial charge in [0.15, 0.2) is 6.10 Å². The second-order valence-corrected chi connectivity index (χ2v) is 8.10. The third-order valence-electron chi connectivity index (χ3n) is 6.47. The highest BCUT2D eigenvalue weighted by atomic mass is 16.5. The summed E-state index contributed by atoms with van der Waals surface area (Å²) in [4.78, 5) is 29.1. The maximum absolute atomic E-state index is 12.5. The van der Waals surface area contributed by atoms with Gasteiger partial charge in [0.2, 0.25) is 0 Å². The molecule has 29 heavy (non-hydrogen) atoms.